The van der Waals surface area contributed by atoms with E-state index < -0.39 is 0 Å². The molecule has 0 saturated carbocycles. The first-order chi connectivity index (χ1) is 5.25. The van der Waals surface area contributed by atoms with Crippen LogP contribution in [0.2, 0.25) is 0 Å². The Bertz CT molecular complexity index is 392. The normalized spacial score (nSPS) is 10.6. The molecular formula is C8H7AlN2. The van der Waals surface area contributed by atoms with E-state index in [0.717, 1.165) is 5.52 Å². The molecule has 0 aliphatic carbocycles. The predicted octanol–water partition coefficient (Wildman–Crippen LogP) is 1.28. The summed E-state index contributed by atoms with van der Waals surface area (Å²) in [5, 5.41) is 5.43. The minimum Gasteiger partial charge on any atom is -0.389 e. The average Bonchev–Trinajstić information content (AvgIpc) is 2.27. The second kappa shape index (κ2) is 2.37. The fourth-order valence-corrected chi connectivity index (χ4v) is 1.45. The average molecular weight is 158 g/mol. The molecule has 0 aliphatic rings. The fourth-order valence-electron chi connectivity index (χ4n) is 1.16. The van der Waals surface area contributed by atoms with Crippen LogP contribution in [0.4, 0.5) is 0 Å². The smallest absolute Gasteiger partial charge is 0.353 e. The molecular weight excluding hydrogens is 151 g/mol. The number of hydrogen-bond donors (Lipinski definition) is 0. The van der Waals surface area contributed by atoms with Gasteiger partial charge >= 0.3 is 16.5 Å². The van der Waals surface area contributed by atoms with Crippen molar-refractivity contribution >= 4 is 27.4 Å². The van der Waals surface area contributed by atoms with Gasteiger partial charge in [-0.05, 0) is 19.1 Å². The maximum Gasteiger partial charge on any atom is 0.353 e. The molecule has 0 atom stereocenters. The highest BCUT2D eigenvalue weighted by atomic mass is 27.1. The van der Waals surface area contributed by atoms with Crippen molar-refractivity contribution in [2.45, 2.75) is 6.92 Å². The molecule has 2 aromatic rings. The van der Waals surface area contributed by atoms with Crippen LogP contribution in [-0.4, -0.2) is 25.3 Å². The van der Waals surface area contributed by atoms with Crippen LogP contribution in [0.3, 0.4) is 0 Å². The zero-order valence-electron chi connectivity index (χ0n) is 6.28. The Kier molecular flexibility index (Phi) is 1.49. The summed E-state index contributed by atoms with van der Waals surface area (Å²) < 4.78 is 1.75. The van der Waals surface area contributed by atoms with Gasteiger partial charge in [-0.25, -0.2) is 5.10 Å². The second-order valence-corrected chi connectivity index (χ2v) is 3.20. The van der Waals surface area contributed by atoms with Crippen LogP contribution in [0.15, 0.2) is 24.4 Å². The van der Waals surface area contributed by atoms with Gasteiger partial charge in [-0.15, -0.1) is 0 Å². The lowest BCUT2D eigenvalue weighted by molar-refractivity contribution is 1.01. The number of hydrogen-bond acceptors (Lipinski definition) is 1. The van der Waals surface area contributed by atoms with E-state index in [1.165, 1.54) is 10.9 Å². The molecule has 0 spiro atoms. The van der Waals surface area contributed by atoms with E-state index in [1.54, 1.807) is 3.67 Å². The van der Waals surface area contributed by atoms with Gasteiger partial charge in [0.05, 0.1) is 5.52 Å². The maximum atomic E-state index is 4.23. The van der Waals surface area contributed by atoms with Crippen LogP contribution in [0.1, 0.15) is 5.56 Å². The van der Waals surface area contributed by atoms with Gasteiger partial charge in [0.25, 0.3) is 0 Å². The number of benzene rings is 1. The molecule has 11 heavy (non-hydrogen) atoms. The highest BCUT2D eigenvalue weighted by Crippen LogP contribution is 2.12. The molecule has 0 N–H and O–H groups in total. The van der Waals surface area contributed by atoms with Gasteiger partial charge in [0.15, 0.2) is 0 Å². The molecule has 0 amide bonds. The molecule has 52 valence electrons. The van der Waals surface area contributed by atoms with E-state index in [9.17, 15) is 0 Å². The summed E-state index contributed by atoms with van der Waals surface area (Å²) in [7, 11) is 0. The van der Waals surface area contributed by atoms with Crippen molar-refractivity contribution in [2.75, 3.05) is 0 Å². The molecule has 2 radical (unpaired) electrons. The minimum absolute atomic E-state index is 1.05. The van der Waals surface area contributed by atoms with E-state index in [-0.39, 0.29) is 0 Å². The van der Waals surface area contributed by atoms with Crippen LogP contribution >= 0.6 is 0 Å². The van der Waals surface area contributed by atoms with Crippen molar-refractivity contribution in [3.63, 3.8) is 0 Å². The Labute approximate surface area is 73.5 Å². The van der Waals surface area contributed by atoms with E-state index in [1.807, 2.05) is 12.3 Å². The third kappa shape index (κ3) is 1.18. The summed E-state index contributed by atoms with van der Waals surface area (Å²) >= 11 is 2.52. The third-order valence-electron chi connectivity index (χ3n) is 1.68. The Balaban J connectivity index is 2.82. The Morgan fingerprint density at radius 3 is 3.09 bits per heavy atom. The quantitative estimate of drug-likeness (QED) is 0.528. The number of aromatic nitrogens is 2. The topological polar surface area (TPSA) is 17.8 Å². The molecule has 2 rings (SSSR count). The third-order valence-corrected chi connectivity index (χ3v) is 1.94. The van der Waals surface area contributed by atoms with E-state index in [0.29, 0.717) is 0 Å². The summed E-state index contributed by atoms with van der Waals surface area (Å²) in [6, 6.07) is 6.23. The van der Waals surface area contributed by atoms with Gasteiger partial charge in [0.1, 0.15) is 0 Å². The highest BCUT2D eigenvalue weighted by Gasteiger charge is 1.95. The largest absolute Gasteiger partial charge is 0.389 e. The fraction of sp³-hybridized carbons (Fsp3) is 0.125. The van der Waals surface area contributed by atoms with Crippen LogP contribution in [0, 0.1) is 6.92 Å². The Morgan fingerprint density at radius 2 is 2.27 bits per heavy atom. The Hall–Kier alpha value is -0.778. The number of aryl methyl sites for hydroxylation is 1. The van der Waals surface area contributed by atoms with Crippen molar-refractivity contribution in [3.05, 3.63) is 30.0 Å². The van der Waals surface area contributed by atoms with Crippen molar-refractivity contribution in [2.24, 2.45) is 0 Å². The van der Waals surface area contributed by atoms with Crippen LogP contribution < -0.4 is 0 Å². The summed E-state index contributed by atoms with van der Waals surface area (Å²) in [6.45, 7) is 2.08. The Morgan fingerprint density at radius 1 is 1.45 bits per heavy atom. The molecule has 3 heteroatoms. The van der Waals surface area contributed by atoms with Crippen LogP contribution in [0.5, 0.6) is 0 Å². The van der Waals surface area contributed by atoms with Crippen molar-refractivity contribution in [1.82, 2.24) is 8.76 Å². The van der Waals surface area contributed by atoms with Gasteiger partial charge in [0, 0.05) is 11.6 Å². The van der Waals surface area contributed by atoms with Gasteiger partial charge in [-0.3, -0.25) is 0 Å². The van der Waals surface area contributed by atoms with Gasteiger partial charge < -0.3 is 3.67 Å². The van der Waals surface area contributed by atoms with Crippen molar-refractivity contribution in [3.8, 4) is 0 Å². The second-order valence-electron chi connectivity index (χ2n) is 2.67. The van der Waals surface area contributed by atoms with Gasteiger partial charge in [-0.2, -0.15) is 0 Å². The summed E-state index contributed by atoms with van der Waals surface area (Å²) in [5.41, 5.74) is 2.32. The monoisotopic (exact) mass is 158 g/mol. The minimum atomic E-state index is 1.05. The lowest BCUT2D eigenvalue weighted by Crippen LogP contribution is -1.88. The SMILES string of the molecule is Cc1ccc2n[n]([Al])cc2c1. The van der Waals surface area contributed by atoms with E-state index in [2.05, 4.69) is 40.7 Å². The van der Waals surface area contributed by atoms with Gasteiger partial charge in [-0.1, -0.05) is 11.6 Å². The van der Waals surface area contributed by atoms with Gasteiger partial charge in [0.2, 0.25) is 0 Å². The first kappa shape index (κ1) is 6.90. The zero-order chi connectivity index (χ0) is 7.84. The number of rotatable bonds is 0. The summed E-state index contributed by atoms with van der Waals surface area (Å²) in [4.78, 5) is 0. The molecule has 0 saturated heterocycles. The summed E-state index contributed by atoms with van der Waals surface area (Å²) in [5.74, 6) is 0. The van der Waals surface area contributed by atoms with Crippen LogP contribution in [0.25, 0.3) is 10.9 Å². The molecule has 0 unspecified atom stereocenters. The molecule has 0 fully saturated rings. The summed E-state index contributed by atoms with van der Waals surface area (Å²) in [6.07, 6.45) is 1.99. The lowest BCUT2D eigenvalue weighted by atomic mass is 10.2. The standard InChI is InChI=1S/C8H7N2.Al/c1-6-2-3-8-7(4-6)5-9-10-8;/h2-5H,1H3;/q-1;+1. The molecule has 2 nitrogen and oxygen atoms in total. The zero-order valence-corrected chi connectivity index (χ0v) is 7.44. The molecule has 0 bridgehead atoms. The number of fused-ring (bicyclic) bond motifs is 1. The predicted molar refractivity (Wildman–Crippen MR) is 45.6 cm³/mol. The van der Waals surface area contributed by atoms with Crippen molar-refractivity contribution < 1.29 is 0 Å². The van der Waals surface area contributed by atoms with Crippen molar-refractivity contribution in [1.29, 1.82) is 0 Å². The molecule has 0 aliphatic heterocycles. The molecule has 1 aromatic carbocycles. The number of nitrogens with zero attached hydrogens (tertiary/aromatic N) is 2. The van der Waals surface area contributed by atoms with E-state index in [4.69, 9.17) is 0 Å². The van der Waals surface area contributed by atoms with E-state index >= 15 is 0 Å². The first-order valence-corrected chi connectivity index (χ1v) is 3.98. The molecule has 1 aromatic heterocycles. The first-order valence-electron chi connectivity index (χ1n) is 3.47. The lowest BCUT2D eigenvalue weighted by Gasteiger charge is -1.88. The maximum absolute atomic E-state index is 4.23. The molecule has 1 heterocycles. The van der Waals surface area contributed by atoms with Crippen LogP contribution in [-0.2, 0) is 0 Å². The highest BCUT2D eigenvalue weighted by molar-refractivity contribution is 6.07.